The molecule has 4 rings (SSSR count). The highest BCUT2D eigenvalue weighted by Crippen LogP contribution is 2.39. The molecular formula is C17H21N5O8. The molecule has 0 saturated carbocycles. The molecule has 3 atom stereocenters. The Kier molecular flexibility index (Phi) is 6.10. The number of nitro benzene ring substituents is 3. The predicted octanol–water partition coefficient (Wildman–Crippen LogP) is 1.72. The number of nitrogens with one attached hydrogen (secondary N) is 1. The predicted molar refractivity (Wildman–Crippen MR) is 102 cm³/mol. The Morgan fingerprint density at radius 3 is 2.23 bits per heavy atom. The number of phenols is 1. The van der Waals surface area contributed by atoms with Crippen LogP contribution in [-0.2, 0) is 4.79 Å². The van der Waals surface area contributed by atoms with E-state index in [0.717, 1.165) is 44.3 Å². The number of hydrogen-bond donors (Lipinski definition) is 2. The molecule has 1 aromatic carbocycles. The summed E-state index contributed by atoms with van der Waals surface area (Å²) in [4.78, 5) is 41.7. The third-order valence-electron chi connectivity index (χ3n) is 5.74. The second-order valence-electron chi connectivity index (χ2n) is 7.63. The van der Waals surface area contributed by atoms with Crippen LogP contribution in [0.5, 0.6) is 5.75 Å². The number of nitrogens with zero attached hydrogens (tertiary/aromatic N) is 4. The molecule has 3 fully saturated rings. The van der Waals surface area contributed by atoms with E-state index >= 15 is 0 Å². The number of amides is 1. The molecule has 3 aliphatic heterocycles. The highest BCUT2D eigenvalue weighted by Gasteiger charge is 2.41. The largest absolute Gasteiger partial charge is 0.497 e. The van der Waals surface area contributed by atoms with Gasteiger partial charge in [-0.3, -0.25) is 35.1 Å². The monoisotopic (exact) mass is 423 g/mol. The average Bonchev–Trinajstić information content (AvgIpc) is 2.69. The fourth-order valence-corrected chi connectivity index (χ4v) is 4.43. The van der Waals surface area contributed by atoms with Gasteiger partial charge in [0.05, 0.1) is 26.9 Å². The van der Waals surface area contributed by atoms with Crippen LogP contribution in [0.4, 0.5) is 17.1 Å². The first-order chi connectivity index (χ1) is 14.2. The number of nitro groups is 3. The summed E-state index contributed by atoms with van der Waals surface area (Å²) in [5.41, 5.74) is -3.00. The van der Waals surface area contributed by atoms with Crippen LogP contribution in [0, 0.1) is 42.2 Å². The van der Waals surface area contributed by atoms with Gasteiger partial charge in [0.25, 0.3) is 11.4 Å². The van der Waals surface area contributed by atoms with E-state index in [1.54, 1.807) is 0 Å². The summed E-state index contributed by atoms with van der Waals surface area (Å²) in [6.45, 7) is 3.27. The van der Waals surface area contributed by atoms with Crippen molar-refractivity contribution in [2.45, 2.75) is 31.7 Å². The minimum absolute atomic E-state index is 0.415. The van der Waals surface area contributed by atoms with E-state index in [0.29, 0.717) is 24.1 Å². The molecule has 1 unspecified atom stereocenters. The van der Waals surface area contributed by atoms with Crippen LogP contribution in [0.25, 0.3) is 0 Å². The number of aromatic hydroxyl groups is 1. The lowest BCUT2D eigenvalue weighted by Crippen LogP contribution is -2.59. The van der Waals surface area contributed by atoms with E-state index in [9.17, 15) is 35.1 Å². The van der Waals surface area contributed by atoms with Crippen molar-refractivity contribution >= 4 is 23.0 Å². The number of carbonyl (C=O) groups is 1. The summed E-state index contributed by atoms with van der Waals surface area (Å²) < 4.78 is 0. The average molecular weight is 423 g/mol. The van der Waals surface area contributed by atoms with Crippen molar-refractivity contribution in [3.05, 3.63) is 42.5 Å². The van der Waals surface area contributed by atoms with E-state index in [-0.39, 0.29) is 0 Å². The normalized spacial score (nSPS) is 24.9. The van der Waals surface area contributed by atoms with Crippen molar-refractivity contribution in [2.24, 2.45) is 11.8 Å². The number of benzene rings is 1. The van der Waals surface area contributed by atoms with Gasteiger partial charge >= 0.3 is 11.4 Å². The van der Waals surface area contributed by atoms with E-state index in [1.807, 2.05) is 0 Å². The van der Waals surface area contributed by atoms with Crippen LogP contribution in [0.2, 0.25) is 0 Å². The molecule has 0 spiro atoms. The zero-order valence-corrected chi connectivity index (χ0v) is 15.9. The zero-order chi connectivity index (χ0) is 22.0. The highest BCUT2D eigenvalue weighted by atomic mass is 16.6. The maximum Gasteiger partial charge on any atom is 0.324 e. The minimum Gasteiger partial charge on any atom is -0.497 e. The van der Waals surface area contributed by atoms with E-state index in [2.05, 4.69) is 10.2 Å². The maximum absolute atomic E-state index is 11.8. The lowest BCUT2D eigenvalue weighted by molar-refractivity contribution is -0.404. The van der Waals surface area contributed by atoms with Crippen molar-refractivity contribution in [3.63, 3.8) is 0 Å². The van der Waals surface area contributed by atoms with Gasteiger partial charge in [-0.2, -0.15) is 0 Å². The zero-order valence-electron chi connectivity index (χ0n) is 15.9. The van der Waals surface area contributed by atoms with Gasteiger partial charge in [0, 0.05) is 19.0 Å². The molecule has 13 nitrogen and oxygen atoms in total. The molecule has 2 N–H and O–H groups in total. The lowest BCUT2D eigenvalue weighted by Gasteiger charge is -2.49. The van der Waals surface area contributed by atoms with Crippen LogP contribution in [0.3, 0.4) is 0 Å². The second kappa shape index (κ2) is 8.57. The molecule has 3 aliphatic rings. The Bertz CT molecular complexity index is 856. The molecule has 2 bridgehead atoms. The first-order valence-corrected chi connectivity index (χ1v) is 9.49. The Morgan fingerprint density at radius 1 is 1.03 bits per heavy atom. The highest BCUT2D eigenvalue weighted by molar-refractivity contribution is 5.77. The molecule has 1 amide bonds. The Morgan fingerprint density at radius 2 is 1.67 bits per heavy atom. The van der Waals surface area contributed by atoms with Gasteiger partial charge in [-0.25, -0.2) is 0 Å². The van der Waals surface area contributed by atoms with Gasteiger partial charge < -0.3 is 15.3 Å². The maximum atomic E-state index is 11.8. The van der Waals surface area contributed by atoms with E-state index < -0.39 is 37.6 Å². The molecule has 0 aromatic heterocycles. The quantitative estimate of drug-likeness (QED) is 0.540. The summed E-state index contributed by atoms with van der Waals surface area (Å²) in [7, 11) is 0. The molecule has 1 aromatic rings. The molecule has 3 saturated heterocycles. The first kappa shape index (κ1) is 21.4. The second-order valence-corrected chi connectivity index (χ2v) is 7.63. The third-order valence-corrected chi connectivity index (χ3v) is 5.74. The Balaban J connectivity index is 0.000000171. The molecule has 30 heavy (non-hydrogen) atoms. The van der Waals surface area contributed by atoms with Gasteiger partial charge in [-0.1, -0.05) is 0 Å². The molecule has 0 radical (unpaired) electrons. The van der Waals surface area contributed by atoms with Gasteiger partial charge in [-0.15, -0.1) is 0 Å². The fourth-order valence-electron chi connectivity index (χ4n) is 4.43. The van der Waals surface area contributed by atoms with Crippen molar-refractivity contribution < 1.29 is 24.7 Å². The van der Waals surface area contributed by atoms with Crippen LogP contribution in [0.15, 0.2) is 12.1 Å². The van der Waals surface area contributed by atoms with Crippen LogP contribution in [0.1, 0.15) is 25.7 Å². The van der Waals surface area contributed by atoms with E-state index in [4.69, 9.17) is 5.11 Å². The van der Waals surface area contributed by atoms with Gasteiger partial charge in [0.15, 0.2) is 0 Å². The fraction of sp³-hybridized carbons (Fsp3) is 0.588. The summed E-state index contributed by atoms with van der Waals surface area (Å²) in [6.07, 6.45) is 4.50. The topological polar surface area (TPSA) is 182 Å². The summed E-state index contributed by atoms with van der Waals surface area (Å²) in [6, 6.07) is 1.46. The number of rotatable bonds is 3. The smallest absolute Gasteiger partial charge is 0.324 e. The van der Waals surface area contributed by atoms with Crippen molar-refractivity contribution in [2.75, 3.05) is 19.6 Å². The SMILES string of the molecule is O=C1CCCC2[C@@H]3CNC[C@@H](C3)CN12.O=[N+]([O-])c1cc([N+](=O)[O-])c(O)c([N+](=O)[O-])c1. The number of piperidine rings is 3. The number of non-ortho nitro benzene ring substituents is 1. The summed E-state index contributed by atoms with van der Waals surface area (Å²) in [5, 5.41) is 43.7. The molecule has 13 heteroatoms. The molecular weight excluding hydrogens is 402 g/mol. The van der Waals surface area contributed by atoms with Crippen molar-refractivity contribution in [1.82, 2.24) is 10.2 Å². The van der Waals surface area contributed by atoms with Gasteiger partial charge in [-0.05, 0) is 44.2 Å². The first-order valence-electron chi connectivity index (χ1n) is 9.49. The van der Waals surface area contributed by atoms with Crippen molar-refractivity contribution in [1.29, 1.82) is 0 Å². The Labute approximate surface area is 170 Å². The number of phenolic OH excluding ortho intramolecular Hbond substituents is 1. The Hall–Kier alpha value is -3.35. The number of fused-ring (bicyclic) bond motifs is 4. The minimum atomic E-state index is -1.21. The summed E-state index contributed by atoms with van der Waals surface area (Å²) >= 11 is 0. The summed E-state index contributed by atoms with van der Waals surface area (Å²) in [5.74, 6) is 0.678. The van der Waals surface area contributed by atoms with E-state index in [1.165, 1.54) is 12.8 Å². The van der Waals surface area contributed by atoms with Crippen molar-refractivity contribution in [3.8, 4) is 5.75 Å². The third kappa shape index (κ3) is 4.30. The van der Waals surface area contributed by atoms with Gasteiger partial charge in [0.2, 0.25) is 5.91 Å². The number of hydrogen-bond acceptors (Lipinski definition) is 9. The lowest BCUT2D eigenvalue weighted by atomic mass is 9.77. The van der Waals surface area contributed by atoms with Crippen LogP contribution in [-0.4, -0.2) is 56.4 Å². The standard InChI is InChI=1S/C11H18N2O.C6H3N3O7/c14-11-3-1-2-10-9-4-8(5-12-6-9)7-13(10)11;10-6-4(8(13)14)1-3(7(11)12)2-5(6)9(15)16/h8-10,12H,1-7H2;1-2,10H/t8-,9+,10?;/m1./s1. The molecule has 0 aliphatic carbocycles. The molecule has 3 heterocycles. The van der Waals surface area contributed by atoms with Gasteiger partial charge in [0.1, 0.15) is 0 Å². The van der Waals surface area contributed by atoms with Crippen LogP contribution >= 0.6 is 0 Å². The van der Waals surface area contributed by atoms with Crippen LogP contribution < -0.4 is 5.32 Å². The number of carbonyl (C=O) groups excluding carboxylic acids is 1. The molecule has 162 valence electrons.